The Hall–Kier alpha value is -1.27. The zero-order valence-electron chi connectivity index (χ0n) is 8.64. The number of nitro groups is 1. The van der Waals surface area contributed by atoms with Crippen molar-refractivity contribution < 1.29 is 9.72 Å². The van der Waals surface area contributed by atoms with E-state index in [0.29, 0.717) is 4.90 Å². The maximum absolute atomic E-state index is 11.4. The summed E-state index contributed by atoms with van der Waals surface area (Å²) in [4.78, 5) is 23.3. The van der Waals surface area contributed by atoms with Crippen LogP contribution in [0.2, 0.25) is 5.02 Å². The van der Waals surface area contributed by atoms with Crippen LogP contribution in [0.3, 0.4) is 0 Å². The van der Waals surface area contributed by atoms with Crippen molar-refractivity contribution in [2.45, 2.75) is 4.90 Å². The third kappa shape index (κ3) is 3.11. The van der Waals surface area contributed by atoms with Gasteiger partial charge < -0.3 is 4.90 Å². The Labute approximate surface area is 102 Å². The van der Waals surface area contributed by atoms with Crippen molar-refractivity contribution in [1.29, 1.82) is 0 Å². The molecule has 0 aromatic heterocycles. The number of carbonyl (C=O) groups is 1. The minimum absolute atomic E-state index is 0.0292. The highest BCUT2D eigenvalue weighted by atomic mass is 35.5. The summed E-state index contributed by atoms with van der Waals surface area (Å²) in [5, 5.41) is 10.4. The van der Waals surface area contributed by atoms with E-state index in [2.05, 4.69) is 0 Å². The molecule has 0 bridgehead atoms. The summed E-state index contributed by atoms with van der Waals surface area (Å²) in [6.07, 6.45) is 0. The molecule has 0 aliphatic carbocycles. The molecule has 0 saturated carbocycles. The van der Waals surface area contributed by atoms with Gasteiger partial charge >= 0.3 is 0 Å². The van der Waals surface area contributed by atoms with Gasteiger partial charge in [-0.05, 0) is 23.9 Å². The molecule has 0 saturated heterocycles. The first-order valence-corrected chi connectivity index (χ1v) is 5.44. The van der Waals surface area contributed by atoms with Crippen LogP contribution in [0, 0.1) is 10.1 Å². The second-order valence-corrected chi connectivity index (χ2v) is 4.56. The molecule has 1 rings (SSSR count). The molecular weight excluding hydrogens is 252 g/mol. The van der Waals surface area contributed by atoms with Gasteiger partial charge in [0.25, 0.3) is 10.9 Å². The predicted octanol–water partition coefficient (Wildman–Crippen LogP) is 3.02. The molecule has 16 heavy (non-hydrogen) atoms. The van der Waals surface area contributed by atoms with Crippen molar-refractivity contribution in [2.75, 3.05) is 14.1 Å². The Morgan fingerprint density at radius 3 is 2.56 bits per heavy atom. The Balaban J connectivity index is 2.90. The van der Waals surface area contributed by atoms with Crippen LogP contribution in [0.4, 0.5) is 10.5 Å². The van der Waals surface area contributed by atoms with Crippen molar-refractivity contribution in [1.82, 2.24) is 4.90 Å². The van der Waals surface area contributed by atoms with Gasteiger partial charge in [0.2, 0.25) is 0 Å². The van der Waals surface area contributed by atoms with Gasteiger partial charge in [-0.15, -0.1) is 0 Å². The number of benzene rings is 1. The van der Waals surface area contributed by atoms with Gasteiger partial charge in [0.15, 0.2) is 0 Å². The maximum atomic E-state index is 11.4. The van der Waals surface area contributed by atoms with Crippen LogP contribution in [0.25, 0.3) is 0 Å². The molecule has 0 atom stereocenters. The highest BCUT2D eigenvalue weighted by molar-refractivity contribution is 8.13. The Bertz CT molecular complexity index is 437. The summed E-state index contributed by atoms with van der Waals surface area (Å²) < 4.78 is 0. The Kier molecular flexibility index (Phi) is 4.14. The standard InChI is InChI=1S/C9H9ClN2O3S/c1-11(2)9(13)16-6-3-4-8(12(14)15)7(10)5-6/h3-5H,1-2H3. The molecule has 0 N–H and O–H groups in total. The number of thioether (sulfide) groups is 1. The van der Waals surface area contributed by atoms with E-state index in [0.717, 1.165) is 11.8 Å². The predicted molar refractivity (Wildman–Crippen MR) is 63.0 cm³/mol. The number of carbonyl (C=O) groups excluding carboxylic acids is 1. The molecule has 7 heteroatoms. The lowest BCUT2D eigenvalue weighted by Crippen LogP contribution is -2.15. The van der Waals surface area contributed by atoms with Crippen molar-refractivity contribution in [3.8, 4) is 0 Å². The Morgan fingerprint density at radius 2 is 2.12 bits per heavy atom. The van der Waals surface area contributed by atoms with Crippen molar-refractivity contribution >= 4 is 34.3 Å². The van der Waals surface area contributed by atoms with Crippen molar-refractivity contribution in [3.63, 3.8) is 0 Å². The van der Waals surface area contributed by atoms with Gasteiger partial charge in [0.05, 0.1) is 4.92 Å². The monoisotopic (exact) mass is 260 g/mol. The summed E-state index contributed by atoms with van der Waals surface area (Å²) in [6.45, 7) is 0. The minimum Gasteiger partial charge on any atom is -0.339 e. The fraction of sp³-hybridized carbons (Fsp3) is 0.222. The van der Waals surface area contributed by atoms with Crippen molar-refractivity contribution in [3.05, 3.63) is 33.3 Å². The number of amides is 1. The van der Waals surface area contributed by atoms with Crippen LogP contribution >= 0.6 is 23.4 Å². The van der Waals surface area contributed by atoms with Gasteiger partial charge in [0.1, 0.15) is 5.02 Å². The molecular formula is C9H9ClN2O3S. The van der Waals surface area contributed by atoms with Crippen LogP contribution in [-0.4, -0.2) is 29.2 Å². The number of hydrogen-bond donors (Lipinski definition) is 0. The average molecular weight is 261 g/mol. The molecule has 1 aromatic carbocycles. The van der Waals surface area contributed by atoms with E-state index in [4.69, 9.17) is 11.6 Å². The average Bonchev–Trinajstić information content (AvgIpc) is 2.16. The zero-order valence-corrected chi connectivity index (χ0v) is 10.2. The van der Waals surface area contributed by atoms with Crippen LogP contribution < -0.4 is 0 Å². The van der Waals surface area contributed by atoms with Crippen molar-refractivity contribution in [2.24, 2.45) is 0 Å². The second kappa shape index (κ2) is 5.18. The smallest absolute Gasteiger partial charge is 0.287 e. The summed E-state index contributed by atoms with van der Waals surface area (Å²) >= 11 is 6.67. The van der Waals surface area contributed by atoms with Crippen LogP contribution in [0.15, 0.2) is 23.1 Å². The van der Waals surface area contributed by atoms with Crippen LogP contribution in [0.5, 0.6) is 0 Å². The number of halogens is 1. The van der Waals surface area contributed by atoms with E-state index >= 15 is 0 Å². The van der Waals surface area contributed by atoms with E-state index in [1.165, 1.54) is 23.1 Å². The molecule has 0 radical (unpaired) electrons. The lowest BCUT2D eigenvalue weighted by atomic mass is 10.3. The minimum atomic E-state index is -0.565. The highest BCUT2D eigenvalue weighted by Crippen LogP contribution is 2.30. The molecule has 0 heterocycles. The summed E-state index contributed by atoms with van der Waals surface area (Å²) in [5.74, 6) is 0. The molecule has 1 amide bonds. The molecule has 5 nitrogen and oxygen atoms in total. The second-order valence-electron chi connectivity index (χ2n) is 3.13. The van der Waals surface area contributed by atoms with Gasteiger partial charge in [-0.1, -0.05) is 11.6 Å². The topological polar surface area (TPSA) is 63.5 Å². The number of nitro benzene ring substituents is 1. The fourth-order valence-electron chi connectivity index (χ4n) is 0.891. The third-order valence-corrected chi connectivity index (χ3v) is 3.02. The van der Waals surface area contributed by atoms with Crippen LogP contribution in [-0.2, 0) is 0 Å². The third-order valence-electron chi connectivity index (χ3n) is 1.69. The van der Waals surface area contributed by atoms with E-state index in [1.54, 1.807) is 14.1 Å². The lowest BCUT2D eigenvalue weighted by molar-refractivity contribution is -0.384. The number of rotatable bonds is 2. The van der Waals surface area contributed by atoms with E-state index in [9.17, 15) is 14.9 Å². The molecule has 0 spiro atoms. The first kappa shape index (κ1) is 12.8. The summed E-state index contributed by atoms with van der Waals surface area (Å²) in [7, 11) is 3.25. The molecule has 1 aromatic rings. The van der Waals surface area contributed by atoms with E-state index in [1.807, 2.05) is 0 Å². The maximum Gasteiger partial charge on any atom is 0.287 e. The first-order chi connectivity index (χ1) is 7.41. The largest absolute Gasteiger partial charge is 0.339 e. The molecule has 0 unspecified atom stereocenters. The molecule has 0 aliphatic heterocycles. The highest BCUT2D eigenvalue weighted by Gasteiger charge is 2.14. The first-order valence-electron chi connectivity index (χ1n) is 4.25. The van der Waals surface area contributed by atoms with E-state index < -0.39 is 4.92 Å². The van der Waals surface area contributed by atoms with E-state index in [-0.39, 0.29) is 15.9 Å². The normalized spacial score (nSPS) is 9.94. The molecule has 0 fully saturated rings. The van der Waals surface area contributed by atoms with Gasteiger partial charge in [-0.25, -0.2) is 0 Å². The summed E-state index contributed by atoms with van der Waals surface area (Å²) in [6, 6.07) is 4.19. The fourth-order valence-corrected chi connectivity index (χ4v) is 1.90. The quantitative estimate of drug-likeness (QED) is 0.466. The van der Waals surface area contributed by atoms with Gasteiger partial charge in [-0.2, -0.15) is 0 Å². The lowest BCUT2D eigenvalue weighted by Gasteiger charge is -2.08. The zero-order chi connectivity index (χ0) is 12.3. The number of nitrogens with zero attached hydrogens (tertiary/aromatic N) is 2. The van der Waals surface area contributed by atoms with Gasteiger partial charge in [0, 0.05) is 25.1 Å². The van der Waals surface area contributed by atoms with Crippen LogP contribution in [0.1, 0.15) is 0 Å². The summed E-state index contributed by atoms with van der Waals surface area (Å²) in [5.41, 5.74) is -0.164. The van der Waals surface area contributed by atoms with Gasteiger partial charge in [-0.3, -0.25) is 14.9 Å². The Morgan fingerprint density at radius 1 is 1.50 bits per heavy atom. The number of hydrogen-bond acceptors (Lipinski definition) is 4. The molecule has 0 aliphatic rings. The SMILES string of the molecule is CN(C)C(=O)Sc1ccc([N+](=O)[O-])c(Cl)c1. The molecule has 86 valence electrons.